The van der Waals surface area contributed by atoms with Gasteiger partial charge in [-0.25, -0.2) is 9.59 Å². The van der Waals surface area contributed by atoms with Crippen molar-refractivity contribution in [2.45, 2.75) is 145 Å². The fourth-order valence-corrected chi connectivity index (χ4v) is 9.46. The predicted octanol–water partition coefficient (Wildman–Crippen LogP) is 11.8. The van der Waals surface area contributed by atoms with Crippen LogP contribution in [0.4, 0.5) is 0 Å². The molecule has 0 saturated carbocycles. The molecule has 0 aromatic heterocycles. The first kappa shape index (κ1) is 49.5. The van der Waals surface area contributed by atoms with Crippen LogP contribution in [0.15, 0.2) is 60.7 Å². The molecule has 0 spiro atoms. The Morgan fingerprint density at radius 3 is 1.05 bits per heavy atom. The van der Waals surface area contributed by atoms with Gasteiger partial charge in [-0.1, -0.05) is 172 Å². The van der Waals surface area contributed by atoms with Crippen LogP contribution in [0, 0.1) is 0 Å². The van der Waals surface area contributed by atoms with Crippen LogP contribution >= 0.6 is 40.4 Å². The molecule has 4 unspecified atom stereocenters. The number of benzene rings is 4. The first-order chi connectivity index (χ1) is 27.6. The Bertz CT molecular complexity index is 1970. The summed E-state index contributed by atoms with van der Waals surface area (Å²) in [6, 6.07) is 21.4. The molecule has 4 atom stereocenters. The summed E-state index contributed by atoms with van der Waals surface area (Å²) in [5.41, 5.74) is 5.76. The van der Waals surface area contributed by atoms with Gasteiger partial charge in [0, 0.05) is 11.1 Å². The molecule has 0 fully saturated rings. The highest BCUT2D eigenvalue weighted by atomic mass is 35.5. The predicted molar refractivity (Wildman–Crippen MR) is 258 cm³/mol. The molecule has 60 heavy (non-hydrogen) atoms. The average molecular weight is 896 g/mol. The van der Waals surface area contributed by atoms with Gasteiger partial charge in [0.05, 0.1) is 23.3 Å². The van der Waals surface area contributed by atoms with E-state index in [1.54, 1.807) is 27.7 Å². The minimum Gasteiger partial charge on any atom is -0.477 e. The van der Waals surface area contributed by atoms with Crippen LogP contribution in [-0.4, -0.2) is 37.4 Å². The largest absolute Gasteiger partial charge is 0.477 e. The van der Waals surface area contributed by atoms with Crippen LogP contribution in [0.2, 0.25) is 10.0 Å². The van der Waals surface area contributed by atoms with E-state index in [1.807, 2.05) is 24.3 Å². The van der Waals surface area contributed by atoms with Crippen LogP contribution in [0.5, 0.6) is 11.5 Å². The number of halogens is 2. The number of hydrogen-bond donors (Lipinski definition) is 0. The minimum atomic E-state index is -0.998. The number of ether oxygens (including phenoxy) is 4. The van der Waals surface area contributed by atoms with Crippen LogP contribution in [-0.2, 0) is 40.7 Å². The molecule has 0 saturated heterocycles. The second-order valence-electron chi connectivity index (χ2n) is 19.5. The van der Waals surface area contributed by atoms with Gasteiger partial charge < -0.3 is 18.9 Å². The summed E-state index contributed by atoms with van der Waals surface area (Å²) in [4.78, 5) is 26.4. The van der Waals surface area contributed by atoms with Crippen molar-refractivity contribution in [1.82, 2.24) is 0 Å². The van der Waals surface area contributed by atoms with Crippen LogP contribution in [0.25, 0.3) is 11.1 Å². The molecule has 326 valence electrons. The van der Waals surface area contributed by atoms with Crippen molar-refractivity contribution in [2.75, 3.05) is 13.2 Å². The SMILES string of the molecule is CCOC(=O)C(C)Oc1c(Cl)ccc(Pc2cc(C(C)(C)C)cc(C(C)(C)C)c2)c1-c1c(Pc2cc(C(C)(C)C)cc(C(C)(C)C)c2)ccc(Cl)c1OC(C)C(=O)OCC. The average Bonchev–Trinajstić information content (AvgIpc) is 3.13. The molecule has 0 bridgehead atoms. The molecular formula is C50H66Cl2O6P2. The van der Waals surface area contributed by atoms with Crippen LogP contribution < -0.4 is 30.7 Å². The van der Waals surface area contributed by atoms with E-state index >= 15 is 0 Å². The van der Waals surface area contributed by atoms with E-state index in [1.165, 1.54) is 22.3 Å². The van der Waals surface area contributed by atoms with Crippen LogP contribution in [0.3, 0.4) is 0 Å². The molecule has 0 aliphatic rings. The van der Waals surface area contributed by atoms with Gasteiger partial charge in [0.1, 0.15) is 11.5 Å². The van der Waals surface area contributed by atoms with E-state index in [4.69, 9.17) is 42.1 Å². The van der Waals surface area contributed by atoms with Crippen molar-refractivity contribution in [2.24, 2.45) is 0 Å². The Hall–Kier alpha value is -3.14. The summed E-state index contributed by atoms with van der Waals surface area (Å²) in [7, 11) is 0.247. The maximum atomic E-state index is 13.2. The third-order valence-electron chi connectivity index (χ3n) is 10.2. The van der Waals surface area contributed by atoms with Crippen molar-refractivity contribution in [3.05, 3.63) is 93.0 Å². The lowest BCUT2D eigenvalue weighted by molar-refractivity contribution is -0.151. The summed E-state index contributed by atoms with van der Waals surface area (Å²) >= 11 is 14.3. The van der Waals surface area contributed by atoms with E-state index in [0.29, 0.717) is 32.7 Å². The molecule has 10 heteroatoms. The summed E-state index contributed by atoms with van der Waals surface area (Å²) in [5, 5.41) is 4.66. The maximum Gasteiger partial charge on any atom is 0.347 e. The molecule has 0 aliphatic heterocycles. The Morgan fingerprint density at radius 1 is 0.517 bits per heavy atom. The van der Waals surface area contributed by atoms with Gasteiger partial charge in [0.25, 0.3) is 0 Å². The number of esters is 2. The molecule has 0 heterocycles. The van der Waals surface area contributed by atoms with E-state index in [0.717, 1.165) is 21.2 Å². The highest BCUT2D eigenvalue weighted by molar-refractivity contribution is 7.56. The molecule has 0 amide bonds. The monoisotopic (exact) mass is 894 g/mol. The molecule has 6 nitrogen and oxygen atoms in total. The zero-order chi connectivity index (χ0) is 45.1. The topological polar surface area (TPSA) is 71.1 Å². The van der Waals surface area contributed by atoms with Gasteiger partial charge in [0.15, 0.2) is 12.2 Å². The standard InChI is InChI=1S/C50H66Cl2O6P2/c1-17-55-45(53)29(3)57-43-37(51)19-21-39(59-35-25-31(47(5,6)7)23-32(26-35)48(8,9)10)41(43)42-40(22-20-38(52)44(42)58-30(4)46(54)56-18-2)60-36-27-33(49(11,12)13)24-34(28-36)50(14,15)16/h19-30,59-60H,17-18H2,1-16H3. The lowest BCUT2D eigenvalue weighted by atomic mass is 9.81. The second kappa shape index (κ2) is 19.5. The number of rotatable bonds is 13. The fourth-order valence-electron chi connectivity index (χ4n) is 6.46. The van der Waals surface area contributed by atoms with Crippen LogP contribution in [0.1, 0.15) is 133 Å². The van der Waals surface area contributed by atoms with E-state index in [9.17, 15) is 9.59 Å². The quantitative estimate of drug-likeness (QED) is 0.0983. The number of hydrogen-bond acceptors (Lipinski definition) is 6. The lowest BCUT2D eigenvalue weighted by Crippen LogP contribution is -2.28. The van der Waals surface area contributed by atoms with Crippen molar-refractivity contribution < 1.29 is 28.5 Å². The third-order valence-corrected chi connectivity index (χ3v) is 13.3. The van der Waals surface area contributed by atoms with Gasteiger partial charge in [-0.2, -0.15) is 0 Å². The molecular weight excluding hydrogens is 829 g/mol. The van der Waals surface area contributed by atoms with Gasteiger partial charge in [-0.15, -0.1) is 0 Å². The highest BCUT2D eigenvalue weighted by Gasteiger charge is 2.31. The zero-order valence-corrected chi connectivity index (χ0v) is 42.1. The second-order valence-corrected chi connectivity index (χ2v) is 23.0. The molecule has 4 aromatic carbocycles. The fraction of sp³-hybridized carbons (Fsp3) is 0.480. The highest BCUT2D eigenvalue weighted by Crippen LogP contribution is 2.46. The van der Waals surface area contributed by atoms with Gasteiger partial charge in [-0.05, 0) is 105 Å². The molecule has 4 rings (SSSR count). The molecule has 4 aromatic rings. The van der Waals surface area contributed by atoms with E-state index in [2.05, 4.69) is 119 Å². The normalized spacial score (nSPS) is 13.8. The Labute approximate surface area is 373 Å². The van der Waals surface area contributed by atoms with Crippen molar-refractivity contribution in [1.29, 1.82) is 0 Å². The van der Waals surface area contributed by atoms with Crippen molar-refractivity contribution in [3.8, 4) is 22.6 Å². The molecule has 0 radical (unpaired) electrons. The maximum absolute atomic E-state index is 13.2. The first-order valence-electron chi connectivity index (χ1n) is 20.8. The third kappa shape index (κ3) is 12.5. The molecule has 0 aliphatic carbocycles. The Morgan fingerprint density at radius 2 is 0.800 bits per heavy atom. The van der Waals surface area contributed by atoms with E-state index in [-0.39, 0.29) is 52.0 Å². The Balaban J connectivity index is 2.17. The van der Waals surface area contributed by atoms with Crippen molar-refractivity contribution in [3.63, 3.8) is 0 Å². The van der Waals surface area contributed by atoms with E-state index < -0.39 is 24.1 Å². The van der Waals surface area contributed by atoms with Crippen molar-refractivity contribution >= 4 is 73.5 Å². The number of carbonyl (C=O) groups is 2. The Kier molecular flexibility index (Phi) is 16.1. The van der Waals surface area contributed by atoms with Gasteiger partial charge in [-0.3, -0.25) is 0 Å². The minimum absolute atomic E-state index is 0.106. The summed E-state index contributed by atoms with van der Waals surface area (Å²) in [6.45, 7) is 34.0. The molecule has 0 N–H and O–H groups in total. The summed E-state index contributed by atoms with van der Waals surface area (Å²) in [6.07, 6.45) is -2.00. The van der Waals surface area contributed by atoms with Gasteiger partial charge >= 0.3 is 11.9 Å². The van der Waals surface area contributed by atoms with Gasteiger partial charge in [0.2, 0.25) is 0 Å². The summed E-state index contributed by atoms with van der Waals surface area (Å²) in [5.74, 6) is -0.444. The summed E-state index contributed by atoms with van der Waals surface area (Å²) < 4.78 is 24.0. The zero-order valence-electron chi connectivity index (χ0n) is 38.5. The smallest absolute Gasteiger partial charge is 0.347 e. The lowest BCUT2D eigenvalue weighted by Gasteiger charge is -2.28. The first-order valence-corrected chi connectivity index (χ1v) is 23.6. The number of carbonyl (C=O) groups excluding carboxylic acids is 2.